The summed E-state index contributed by atoms with van der Waals surface area (Å²) in [5.41, 5.74) is 2.90. The van der Waals surface area contributed by atoms with E-state index in [0.717, 1.165) is 29.3 Å². The highest BCUT2D eigenvalue weighted by atomic mass is 35.5. The number of rotatable bonds is 7. The maximum Gasteiger partial charge on any atom is 0.254 e. The van der Waals surface area contributed by atoms with Crippen molar-refractivity contribution in [2.45, 2.75) is 19.5 Å². The molecular formula is C31H27ClF3N7O. The zero-order valence-corrected chi connectivity index (χ0v) is 23.7. The van der Waals surface area contributed by atoms with Crippen LogP contribution in [0.25, 0.3) is 11.2 Å². The summed E-state index contributed by atoms with van der Waals surface area (Å²) < 4.78 is 42.9. The molecule has 0 spiro atoms. The fraction of sp³-hybridized carbons (Fsp3) is 0.226. The second kappa shape index (κ2) is 12.3. The number of nitrogens with one attached hydrogen (secondary N) is 1. The molecule has 0 unspecified atom stereocenters. The van der Waals surface area contributed by atoms with Crippen LogP contribution < -0.4 is 10.2 Å². The Hall–Kier alpha value is -4.64. The summed E-state index contributed by atoms with van der Waals surface area (Å²) in [5.74, 6) is -1.39. The highest BCUT2D eigenvalue weighted by molar-refractivity contribution is 6.31. The number of anilines is 2. The van der Waals surface area contributed by atoms with Gasteiger partial charge in [-0.15, -0.1) is 0 Å². The number of hydrogen-bond acceptors (Lipinski definition) is 6. The van der Waals surface area contributed by atoms with E-state index in [9.17, 15) is 18.0 Å². The average Bonchev–Trinajstić information content (AvgIpc) is 3.23. The zero-order valence-electron chi connectivity index (χ0n) is 23.0. The topological polar surface area (TPSA) is 79.2 Å². The van der Waals surface area contributed by atoms with Gasteiger partial charge < -0.3 is 19.7 Å². The maximum atomic E-state index is 13.8. The number of halogens is 4. The van der Waals surface area contributed by atoms with Crippen LogP contribution in [0.2, 0.25) is 5.02 Å². The minimum Gasteiger partial charge on any atom is -0.364 e. The number of imidazole rings is 1. The lowest BCUT2D eigenvalue weighted by Crippen LogP contribution is -2.35. The number of benzene rings is 3. The van der Waals surface area contributed by atoms with E-state index in [1.165, 1.54) is 12.1 Å². The van der Waals surface area contributed by atoms with E-state index in [1.54, 1.807) is 23.4 Å². The minimum atomic E-state index is -0.796. The molecule has 1 fully saturated rings. The molecule has 8 nitrogen and oxygen atoms in total. The molecule has 1 aliphatic heterocycles. The third-order valence-corrected chi connectivity index (χ3v) is 7.67. The molecule has 1 aliphatic rings. The number of carbonyl (C=O) groups is 1. The lowest BCUT2D eigenvalue weighted by atomic mass is 10.2. The van der Waals surface area contributed by atoms with Gasteiger partial charge in [0.2, 0.25) is 5.95 Å². The Kier molecular flexibility index (Phi) is 8.15. The van der Waals surface area contributed by atoms with Gasteiger partial charge >= 0.3 is 0 Å². The Balaban J connectivity index is 1.29. The van der Waals surface area contributed by atoms with Crippen LogP contribution >= 0.6 is 11.6 Å². The van der Waals surface area contributed by atoms with Crippen LogP contribution in [-0.2, 0) is 13.1 Å². The summed E-state index contributed by atoms with van der Waals surface area (Å²) in [5, 5.41) is 3.96. The van der Waals surface area contributed by atoms with Gasteiger partial charge in [-0.3, -0.25) is 4.79 Å². The summed E-state index contributed by atoms with van der Waals surface area (Å²) >= 11 is 6.44. The predicted octanol–water partition coefficient (Wildman–Crippen LogP) is 5.91. The van der Waals surface area contributed by atoms with Gasteiger partial charge in [-0.05, 0) is 47.9 Å². The van der Waals surface area contributed by atoms with Crippen molar-refractivity contribution in [3.63, 3.8) is 0 Å². The summed E-state index contributed by atoms with van der Waals surface area (Å²) in [6.07, 6.45) is 2.29. The Morgan fingerprint density at radius 1 is 0.884 bits per heavy atom. The molecule has 12 heteroatoms. The van der Waals surface area contributed by atoms with E-state index < -0.39 is 17.5 Å². The van der Waals surface area contributed by atoms with Gasteiger partial charge in [-0.2, -0.15) is 9.97 Å². The summed E-state index contributed by atoms with van der Waals surface area (Å²) in [4.78, 5) is 30.9. The molecule has 1 amide bonds. The summed E-state index contributed by atoms with van der Waals surface area (Å²) in [7, 11) is 0. The van der Waals surface area contributed by atoms with Crippen molar-refractivity contribution >= 4 is 40.4 Å². The molecule has 3 heterocycles. The Bertz CT molecular complexity index is 1760. The standard InChI is InChI=1S/C31H27ClF3N7O/c32-26-5-2-1-4-21(26)18-42-19-37-27-28(36-17-20-6-8-23(33)9-7-20)38-31(39-29(27)42)41-11-3-10-40(12-13-41)30(43)22-14-24(34)16-25(35)15-22/h1-2,4-9,14-16,19H,3,10-13,17-18H2,(H,36,38,39). The van der Waals surface area contributed by atoms with E-state index in [0.29, 0.717) is 73.6 Å². The summed E-state index contributed by atoms with van der Waals surface area (Å²) in [6, 6.07) is 16.6. The smallest absolute Gasteiger partial charge is 0.254 e. The van der Waals surface area contributed by atoms with E-state index in [-0.39, 0.29) is 11.4 Å². The molecule has 0 bridgehead atoms. The van der Waals surface area contributed by atoms with Gasteiger partial charge in [-0.25, -0.2) is 18.2 Å². The third kappa shape index (κ3) is 6.41. The van der Waals surface area contributed by atoms with Gasteiger partial charge in [0, 0.05) is 49.4 Å². The normalized spacial score (nSPS) is 13.8. The first-order valence-corrected chi connectivity index (χ1v) is 14.2. The molecule has 0 atom stereocenters. The number of carbonyl (C=O) groups excluding carboxylic acids is 1. The maximum absolute atomic E-state index is 13.8. The molecule has 0 aliphatic carbocycles. The van der Waals surface area contributed by atoms with Crippen LogP contribution in [0.5, 0.6) is 0 Å². The van der Waals surface area contributed by atoms with E-state index >= 15 is 0 Å². The fourth-order valence-corrected chi connectivity index (χ4v) is 5.29. The van der Waals surface area contributed by atoms with Crippen LogP contribution in [0, 0.1) is 17.5 Å². The quantitative estimate of drug-likeness (QED) is 0.249. The lowest BCUT2D eigenvalue weighted by Gasteiger charge is -2.23. The number of fused-ring (bicyclic) bond motifs is 1. The number of nitrogens with zero attached hydrogens (tertiary/aromatic N) is 6. The fourth-order valence-electron chi connectivity index (χ4n) is 5.09. The van der Waals surface area contributed by atoms with Crippen LogP contribution in [0.15, 0.2) is 73.1 Å². The number of amides is 1. The van der Waals surface area contributed by atoms with Crippen LogP contribution in [-0.4, -0.2) is 56.5 Å². The van der Waals surface area contributed by atoms with Gasteiger partial charge in [0.15, 0.2) is 17.0 Å². The van der Waals surface area contributed by atoms with Crippen molar-refractivity contribution in [3.8, 4) is 0 Å². The first kappa shape index (κ1) is 28.5. The van der Waals surface area contributed by atoms with Crippen LogP contribution in [0.4, 0.5) is 24.9 Å². The minimum absolute atomic E-state index is 0.0284. The van der Waals surface area contributed by atoms with Crippen LogP contribution in [0.3, 0.4) is 0 Å². The van der Waals surface area contributed by atoms with Gasteiger partial charge in [0.1, 0.15) is 17.5 Å². The summed E-state index contributed by atoms with van der Waals surface area (Å²) in [6.45, 7) is 2.52. The van der Waals surface area contributed by atoms with Crippen molar-refractivity contribution < 1.29 is 18.0 Å². The molecule has 2 aromatic heterocycles. The van der Waals surface area contributed by atoms with E-state index in [2.05, 4.69) is 10.3 Å². The van der Waals surface area contributed by atoms with Crippen molar-refractivity contribution in [1.29, 1.82) is 0 Å². The number of hydrogen-bond donors (Lipinski definition) is 1. The van der Waals surface area contributed by atoms with Crippen LogP contribution in [0.1, 0.15) is 27.9 Å². The molecule has 0 radical (unpaired) electrons. The lowest BCUT2D eigenvalue weighted by molar-refractivity contribution is 0.0766. The third-order valence-electron chi connectivity index (χ3n) is 7.30. The Labute approximate surface area is 250 Å². The molecule has 5 aromatic rings. The highest BCUT2D eigenvalue weighted by Crippen LogP contribution is 2.26. The SMILES string of the molecule is O=C(c1cc(F)cc(F)c1)N1CCCN(c2nc(NCc3ccc(F)cc3)c3ncn(Cc4ccccc4Cl)c3n2)CC1. The molecular weight excluding hydrogens is 579 g/mol. The highest BCUT2D eigenvalue weighted by Gasteiger charge is 2.24. The van der Waals surface area contributed by atoms with Crippen molar-refractivity contribution in [2.24, 2.45) is 0 Å². The molecule has 6 rings (SSSR count). The second-order valence-corrected chi connectivity index (χ2v) is 10.7. The first-order valence-electron chi connectivity index (χ1n) is 13.8. The second-order valence-electron chi connectivity index (χ2n) is 10.3. The van der Waals surface area contributed by atoms with Crippen molar-refractivity contribution in [1.82, 2.24) is 24.4 Å². The molecule has 3 aromatic carbocycles. The largest absolute Gasteiger partial charge is 0.364 e. The Morgan fingerprint density at radius 3 is 2.42 bits per heavy atom. The zero-order chi connectivity index (χ0) is 29.9. The molecule has 1 N–H and O–H groups in total. The average molecular weight is 606 g/mol. The van der Waals surface area contributed by atoms with Gasteiger partial charge in [0.25, 0.3) is 5.91 Å². The first-order chi connectivity index (χ1) is 20.8. The Morgan fingerprint density at radius 2 is 1.65 bits per heavy atom. The number of aromatic nitrogens is 4. The molecule has 220 valence electrons. The molecule has 0 saturated carbocycles. The monoisotopic (exact) mass is 605 g/mol. The van der Waals surface area contributed by atoms with E-state index in [1.807, 2.05) is 33.7 Å². The van der Waals surface area contributed by atoms with Crippen molar-refractivity contribution in [2.75, 3.05) is 36.4 Å². The molecule has 43 heavy (non-hydrogen) atoms. The van der Waals surface area contributed by atoms with Crippen molar-refractivity contribution in [3.05, 3.63) is 112 Å². The van der Waals surface area contributed by atoms with Gasteiger partial charge in [0.05, 0.1) is 12.9 Å². The van der Waals surface area contributed by atoms with E-state index in [4.69, 9.17) is 21.6 Å². The van der Waals surface area contributed by atoms with Gasteiger partial charge in [-0.1, -0.05) is 41.9 Å². The molecule has 1 saturated heterocycles. The predicted molar refractivity (Wildman–Crippen MR) is 159 cm³/mol.